The zero-order chi connectivity index (χ0) is 14.8. The van der Waals surface area contributed by atoms with Crippen LogP contribution < -0.4 is 10.2 Å². The number of carbonyl (C=O) groups is 1. The molecule has 1 fully saturated rings. The Balaban J connectivity index is 1.94. The molecule has 0 radical (unpaired) electrons. The highest BCUT2D eigenvalue weighted by molar-refractivity contribution is 9.10. The van der Waals surface area contributed by atoms with Crippen molar-refractivity contribution in [1.82, 2.24) is 15.3 Å². The van der Waals surface area contributed by atoms with Crippen molar-refractivity contribution in [3.63, 3.8) is 0 Å². The van der Waals surface area contributed by atoms with Gasteiger partial charge in [0.1, 0.15) is 5.52 Å². The third-order valence-electron chi connectivity index (χ3n) is 3.90. The second-order valence-corrected chi connectivity index (χ2v) is 6.17. The van der Waals surface area contributed by atoms with Crippen LogP contribution in [0.5, 0.6) is 0 Å². The number of aromatic nitrogens is 2. The minimum atomic E-state index is 0.0439. The zero-order valence-electron chi connectivity index (χ0n) is 11.8. The van der Waals surface area contributed by atoms with Crippen molar-refractivity contribution in [1.29, 1.82) is 0 Å². The minimum absolute atomic E-state index is 0.0439. The first kappa shape index (κ1) is 14.3. The fourth-order valence-electron chi connectivity index (χ4n) is 2.86. The van der Waals surface area contributed by atoms with Crippen LogP contribution in [-0.4, -0.2) is 36.0 Å². The van der Waals surface area contributed by atoms with Crippen LogP contribution in [0.25, 0.3) is 11.0 Å². The van der Waals surface area contributed by atoms with Crippen molar-refractivity contribution in [2.24, 2.45) is 5.92 Å². The highest BCUT2D eigenvalue weighted by Crippen LogP contribution is 2.29. The Morgan fingerprint density at radius 1 is 1.48 bits per heavy atom. The molecule has 1 saturated heterocycles. The molecule has 0 spiro atoms. The Bertz CT molecular complexity index is 676. The van der Waals surface area contributed by atoms with E-state index in [0.29, 0.717) is 0 Å². The number of halogens is 1. The first-order valence-electron chi connectivity index (χ1n) is 7.06. The number of anilines is 1. The Morgan fingerprint density at radius 2 is 2.33 bits per heavy atom. The van der Waals surface area contributed by atoms with Gasteiger partial charge in [-0.2, -0.15) is 0 Å². The van der Waals surface area contributed by atoms with Gasteiger partial charge in [0.2, 0.25) is 5.91 Å². The second-order valence-electron chi connectivity index (χ2n) is 5.25. The topological polar surface area (TPSA) is 58.1 Å². The van der Waals surface area contributed by atoms with Crippen molar-refractivity contribution >= 4 is 38.6 Å². The Kier molecular flexibility index (Phi) is 4.05. The molecule has 1 amide bonds. The summed E-state index contributed by atoms with van der Waals surface area (Å²) >= 11 is 3.42. The third-order valence-corrected chi connectivity index (χ3v) is 4.34. The van der Waals surface area contributed by atoms with Gasteiger partial charge in [0.05, 0.1) is 17.1 Å². The van der Waals surface area contributed by atoms with Crippen LogP contribution in [0.2, 0.25) is 0 Å². The predicted molar refractivity (Wildman–Crippen MR) is 86.2 cm³/mol. The normalized spacial score (nSPS) is 18.8. The maximum Gasteiger partial charge on any atom is 0.224 e. The van der Waals surface area contributed by atoms with E-state index >= 15 is 0 Å². The van der Waals surface area contributed by atoms with Gasteiger partial charge in [-0.1, -0.05) is 0 Å². The standard InChI is InChI=1S/C15H17BrN4O/c1-17-15(21)10-3-2-6-20(9-10)13-4-5-18-12-7-11(16)8-19-14(12)13/h4-5,7-8,10H,2-3,6,9H2,1H3,(H,17,21). The summed E-state index contributed by atoms with van der Waals surface area (Å²) in [5, 5.41) is 2.75. The van der Waals surface area contributed by atoms with Crippen LogP contribution in [0, 0.1) is 5.92 Å². The zero-order valence-corrected chi connectivity index (χ0v) is 13.4. The van der Waals surface area contributed by atoms with Crippen molar-refractivity contribution in [2.45, 2.75) is 12.8 Å². The number of pyridine rings is 2. The molecule has 21 heavy (non-hydrogen) atoms. The highest BCUT2D eigenvalue weighted by Gasteiger charge is 2.26. The van der Waals surface area contributed by atoms with Crippen LogP contribution in [-0.2, 0) is 4.79 Å². The van der Waals surface area contributed by atoms with Crippen molar-refractivity contribution in [2.75, 3.05) is 25.0 Å². The molecular formula is C15H17BrN4O. The fraction of sp³-hybridized carbons (Fsp3) is 0.400. The van der Waals surface area contributed by atoms with Crippen LogP contribution in [0.1, 0.15) is 12.8 Å². The number of nitrogens with zero attached hydrogens (tertiary/aromatic N) is 3. The number of piperidine rings is 1. The summed E-state index contributed by atoms with van der Waals surface area (Å²) in [6, 6.07) is 3.95. The van der Waals surface area contributed by atoms with Gasteiger partial charge in [-0.05, 0) is 40.9 Å². The number of hydrogen-bond donors (Lipinski definition) is 1. The highest BCUT2D eigenvalue weighted by atomic mass is 79.9. The molecular weight excluding hydrogens is 332 g/mol. The summed E-state index contributed by atoms with van der Waals surface area (Å²) in [6.07, 6.45) is 5.54. The van der Waals surface area contributed by atoms with E-state index in [1.807, 2.05) is 12.1 Å². The van der Waals surface area contributed by atoms with Gasteiger partial charge in [-0.25, -0.2) is 0 Å². The molecule has 0 aromatic carbocycles. The molecule has 1 unspecified atom stereocenters. The maximum atomic E-state index is 11.9. The Hall–Kier alpha value is -1.69. The molecule has 1 N–H and O–H groups in total. The average Bonchev–Trinajstić information content (AvgIpc) is 2.53. The molecule has 1 atom stereocenters. The van der Waals surface area contributed by atoms with Gasteiger partial charge in [0.25, 0.3) is 0 Å². The molecule has 3 rings (SSSR count). The van der Waals surface area contributed by atoms with Crippen LogP contribution in [0.4, 0.5) is 5.69 Å². The molecule has 3 heterocycles. The van der Waals surface area contributed by atoms with E-state index in [4.69, 9.17) is 0 Å². The van der Waals surface area contributed by atoms with E-state index in [1.165, 1.54) is 0 Å². The molecule has 2 aromatic heterocycles. The molecule has 2 aromatic rings. The first-order valence-corrected chi connectivity index (χ1v) is 7.85. The molecule has 0 saturated carbocycles. The lowest BCUT2D eigenvalue weighted by Gasteiger charge is -2.33. The number of nitrogens with one attached hydrogen (secondary N) is 1. The summed E-state index contributed by atoms with van der Waals surface area (Å²) in [5.74, 6) is 0.163. The number of fused-ring (bicyclic) bond motifs is 1. The van der Waals surface area contributed by atoms with Gasteiger partial charge in [-0.15, -0.1) is 0 Å². The fourth-order valence-corrected chi connectivity index (χ4v) is 3.18. The van der Waals surface area contributed by atoms with E-state index < -0.39 is 0 Å². The summed E-state index contributed by atoms with van der Waals surface area (Å²) in [5.41, 5.74) is 2.81. The SMILES string of the molecule is CNC(=O)C1CCCN(c2ccnc3cc(Br)cnc23)C1. The van der Waals surface area contributed by atoms with E-state index in [9.17, 15) is 4.79 Å². The molecule has 6 heteroatoms. The average molecular weight is 349 g/mol. The lowest BCUT2D eigenvalue weighted by Crippen LogP contribution is -2.42. The van der Waals surface area contributed by atoms with E-state index in [1.54, 1.807) is 19.4 Å². The molecule has 0 aliphatic carbocycles. The van der Waals surface area contributed by atoms with Crippen LogP contribution >= 0.6 is 15.9 Å². The van der Waals surface area contributed by atoms with Gasteiger partial charge in [-0.3, -0.25) is 14.8 Å². The van der Waals surface area contributed by atoms with E-state index in [0.717, 1.165) is 47.1 Å². The van der Waals surface area contributed by atoms with Crippen molar-refractivity contribution in [3.05, 3.63) is 29.0 Å². The summed E-state index contributed by atoms with van der Waals surface area (Å²) in [7, 11) is 1.70. The predicted octanol–water partition coefficient (Wildman–Crippen LogP) is 2.35. The first-order chi connectivity index (χ1) is 10.2. The molecule has 110 valence electrons. The van der Waals surface area contributed by atoms with E-state index in [2.05, 4.69) is 36.1 Å². The number of carbonyl (C=O) groups excluding carboxylic acids is 1. The van der Waals surface area contributed by atoms with Gasteiger partial charge >= 0.3 is 0 Å². The maximum absolute atomic E-state index is 11.9. The number of rotatable bonds is 2. The van der Waals surface area contributed by atoms with Crippen molar-refractivity contribution in [3.8, 4) is 0 Å². The summed E-state index contributed by atoms with van der Waals surface area (Å²) < 4.78 is 0.918. The van der Waals surface area contributed by atoms with Crippen LogP contribution in [0.3, 0.4) is 0 Å². The monoisotopic (exact) mass is 348 g/mol. The van der Waals surface area contributed by atoms with Crippen molar-refractivity contribution < 1.29 is 4.79 Å². The smallest absolute Gasteiger partial charge is 0.224 e. The number of amides is 1. The van der Waals surface area contributed by atoms with Gasteiger partial charge in [0, 0.05) is 37.0 Å². The lowest BCUT2D eigenvalue weighted by atomic mass is 9.96. The summed E-state index contributed by atoms with van der Waals surface area (Å²) in [6.45, 7) is 1.68. The van der Waals surface area contributed by atoms with Gasteiger partial charge in [0.15, 0.2) is 0 Å². The van der Waals surface area contributed by atoms with Crippen LogP contribution in [0.15, 0.2) is 29.0 Å². The second kappa shape index (κ2) is 5.97. The lowest BCUT2D eigenvalue weighted by molar-refractivity contribution is -0.124. The van der Waals surface area contributed by atoms with Gasteiger partial charge < -0.3 is 10.2 Å². The quantitative estimate of drug-likeness (QED) is 0.904. The molecule has 1 aliphatic heterocycles. The third kappa shape index (κ3) is 2.85. The minimum Gasteiger partial charge on any atom is -0.369 e. The molecule has 1 aliphatic rings. The molecule has 5 nitrogen and oxygen atoms in total. The Labute approximate surface area is 131 Å². The largest absolute Gasteiger partial charge is 0.369 e. The number of hydrogen-bond acceptors (Lipinski definition) is 4. The molecule has 0 bridgehead atoms. The summed E-state index contributed by atoms with van der Waals surface area (Å²) in [4.78, 5) is 23.0. The van der Waals surface area contributed by atoms with E-state index in [-0.39, 0.29) is 11.8 Å². The Morgan fingerprint density at radius 3 is 3.14 bits per heavy atom.